The summed E-state index contributed by atoms with van der Waals surface area (Å²) in [6.45, 7) is 7.85. The first-order valence-corrected chi connectivity index (χ1v) is 7.85. The van der Waals surface area contributed by atoms with Gasteiger partial charge in [-0.15, -0.1) is 13.2 Å². The zero-order valence-corrected chi connectivity index (χ0v) is 13.2. The van der Waals surface area contributed by atoms with Gasteiger partial charge in [0.25, 0.3) is 10.1 Å². The maximum Gasteiger partial charge on any atom is 0.297 e. The van der Waals surface area contributed by atoms with Gasteiger partial charge in [0.05, 0.1) is 30.3 Å². The molecule has 1 aromatic rings. The van der Waals surface area contributed by atoms with Crippen molar-refractivity contribution < 1.29 is 27.9 Å². The third-order valence-corrected chi connectivity index (χ3v) is 3.73. The van der Waals surface area contributed by atoms with Crippen LogP contribution in [0.4, 0.5) is 0 Å². The Bertz CT molecular complexity index is 551. The van der Waals surface area contributed by atoms with E-state index in [0.29, 0.717) is 0 Å². The first-order valence-electron chi connectivity index (χ1n) is 6.45. The average Bonchev–Trinajstić information content (AvgIpc) is 2.52. The highest BCUT2D eigenvalue weighted by Gasteiger charge is 2.15. The second-order valence-corrected chi connectivity index (χ2v) is 5.96. The molecule has 0 spiro atoms. The molecule has 140 valence electrons. The van der Waals surface area contributed by atoms with Crippen LogP contribution in [0.2, 0.25) is 0 Å². The molecule has 2 unspecified atom stereocenters. The fourth-order valence-electron chi connectivity index (χ4n) is 1.07. The van der Waals surface area contributed by atoms with E-state index in [9.17, 15) is 8.42 Å². The lowest BCUT2D eigenvalue weighted by Crippen LogP contribution is -2.16. The molecule has 0 aliphatic heterocycles. The van der Waals surface area contributed by atoms with Crippen molar-refractivity contribution in [2.45, 2.75) is 38.9 Å². The van der Waals surface area contributed by atoms with Gasteiger partial charge in [-0.05, 0) is 19.1 Å². The Kier molecular flexibility index (Phi) is 15.8. The zero-order valence-electron chi connectivity index (χ0n) is 12.4. The van der Waals surface area contributed by atoms with Gasteiger partial charge in [-0.1, -0.05) is 44.7 Å². The molecule has 0 fully saturated rings. The standard InChI is InChI=1S/C11H14O4S.C4H8O2.2CH4/c1-3-10(12)8-15-16(13,14)11-6-4-9(2)5-7-11;1-2-4(6)3-5;;/h3-7,10,12H,1,8H2,2H3;2,4-6H,1,3H2;2*1H4. The largest absolute Gasteiger partial charge is 0.393 e. The van der Waals surface area contributed by atoms with Gasteiger partial charge >= 0.3 is 0 Å². The van der Waals surface area contributed by atoms with Crippen LogP contribution in [0.15, 0.2) is 54.5 Å². The van der Waals surface area contributed by atoms with E-state index in [2.05, 4.69) is 17.3 Å². The molecule has 0 aliphatic carbocycles. The van der Waals surface area contributed by atoms with E-state index in [1.807, 2.05) is 6.92 Å². The van der Waals surface area contributed by atoms with Crippen molar-refractivity contribution in [3.8, 4) is 0 Å². The normalized spacial score (nSPS) is 12.3. The van der Waals surface area contributed by atoms with Crippen LogP contribution in [-0.4, -0.2) is 49.2 Å². The van der Waals surface area contributed by atoms with Gasteiger partial charge in [0.2, 0.25) is 0 Å². The van der Waals surface area contributed by atoms with Crippen molar-refractivity contribution >= 4 is 10.1 Å². The highest BCUT2D eigenvalue weighted by molar-refractivity contribution is 7.86. The summed E-state index contributed by atoms with van der Waals surface area (Å²) in [7, 11) is -3.79. The molecule has 7 heteroatoms. The van der Waals surface area contributed by atoms with Gasteiger partial charge in [-0.3, -0.25) is 4.18 Å². The lowest BCUT2D eigenvalue weighted by atomic mass is 10.2. The zero-order chi connectivity index (χ0) is 17.2. The van der Waals surface area contributed by atoms with Gasteiger partial charge in [-0.2, -0.15) is 8.42 Å². The van der Waals surface area contributed by atoms with E-state index in [1.165, 1.54) is 24.3 Å². The summed E-state index contributed by atoms with van der Waals surface area (Å²) in [5, 5.41) is 25.4. The summed E-state index contributed by atoms with van der Waals surface area (Å²) in [6.07, 6.45) is 0.759. The highest BCUT2D eigenvalue weighted by Crippen LogP contribution is 2.13. The Hall–Kier alpha value is -1.51. The predicted molar refractivity (Wildman–Crippen MR) is 97.3 cm³/mol. The maximum atomic E-state index is 11.6. The smallest absolute Gasteiger partial charge is 0.297 e. The van der Waals surface area contributed by atoms with Gasteiger partial charge in [0, 0.05) is 0 Å². The molecule has 0 saturated carbocycles. The van der Waals surface area contributed by atoms with Gasteiger partial charge < -0.3 is 15.3 Å². The van der Waals surface area contributed by atoms with Crippen LogP contribution in [-0.2, 0) is 14.3 Å². The molecule has 0 bridgehead atoms. The molecule has 1 rings (SSSR count). The molecule has 0 heterocycles. The van der Waals surface area contributed by atoms with E-state index < -0.39 is 22.3 Å². The second kappa shape index (κ2) is 13.9. The van der Waals surface area contributed by atoms with Crippen LogP contribution in [0.3, 0.4) is 0 Å². The topological polar surface area (TPSA) is 104 Å². The van der Waals surface area contributed by atoms with Crippen LogP contribution in [0.5, 0.6) is 0 Å². The lowest BCUT2D eigenvalue weighted by Gasteiger charge is -2.07. The molecular formula is C17H30O6S. The minimum Gasteiger partial charge on any atom is -0.393 e. The Morgan fingerprint density at radius 2 is 1.54 bits per heavy atom. The summed E-state index contributed by atoms with van der Waals surface area (Å²) in [6, 6.07) is 6.29. The molecule has 0 aromatic heterocycles. The second-order valence-electron chi connectivity index (χ2n) is 4.34. The van der Waals surface area contributed by atoms with Crippen LogP contribution in [0.1, 0.15) is 20.4 Å². The first kappa shape index (κ1) is 27.3. The molecule has 2 atom stereocenters. The molecule has 24 heavy (non-hydrogen) atoms. The minimum atomic E-state index is -3.79. The predicted octanol–water partition coefficient (Wildman–Crippen LogP) is 2.05. The SMILES string of the molecule is C.C.C=CC(O)CO.C=CC(O)COS(=O)(=O)c1ccc(C)cc1. The number of aliphatic hydroxyl groups is 3. The van der Waals surface area contributed by atoms with Crippen molar-refractivity contribution in [3.05, 3.63) is 55.1 Å². The fraction of sp³-hybridized carbons (Fsp3) is 0.412. The van der Waals surface area contributed by atoms with Crippen molar-refractivity contribution in [2.75, 3.05) is 13.2 Å². The van der Waals surface area contributed by atoms with Crippen molar-refractivity contribution in [1.82, 2.24) is 0 Å². The van der Waals surface area contributed by atoms with Gasteiger partial charge in [-0.25, -0.2) is 0 Å². The van der Waals surface area contributed by atoms with E-state index in [0.717, 1.165) is 5.56 Å². The molecule has 0 aliphatic rings. The van der Waals surface area contributed by atoms with Crippen molar-refractivity contribution in [3.63, 3.8) is 0 Å². The molecule has 0 radical (unpaired) electrons. The Morgan fingerprint density at radius 3 is 1.88 bits per heavy atom. The summed E-state index contributed by atoms with van der Waals surface area (Å²) in [4.78, 5) is 0.0781. The number of rotatable bonds is 7. The Balaban J connectivity index is -0.000000478. The van der Waals surface area contributed by atoms with Gasteiger partial charge in [0.15, 0.2) is 0 Å². The van der Waals surface area contributed by atoms with Crippen molar-refractivity contribution in [1.29, 1.82) is 0 Å². The minimum absolute atomic E-state index is 0. The third kappa shape index (κ3) is 11.1. The Morgan fingerprint density at radius 1 is 1.08 bits per heavy atom. The van der Waals surface area contributed by atoms with Crippen molar-refractivity contribution in [2.24, 2.45) is 0 Å². The molecule has 0 saturated heterocycles. The van der Waals surface area contributed by atoms with E-state index in [-0.39, 0.29) is 33.0 Å². The molecule has 6 nitrogen and oxygen atoms in total. The molecule has 3 N–H and O–H groups in total. The Labute approximate surface area is 145 Å². The van der Waals surface area contributed by atoms with E-state index in [4.69, 9.17) is 15.3 Å². The monoisotopic (exact) mass is 362 g/mol. The molecular weight excluding hydrogens is 332 g/mol. The number of hydrogen-bond acceptors (Lipinski definition) is 6. The van der Waals surface area contributed by atoms with E-state index in [1.54, 1.807) is 12.1 Å². The number of aryl methyl sites for hydroxylation is 1. The van der Waals surface area contributed by atoms with E-state index >= 15 is 0 Å². The summed E-state index contributed by atoms with van der Waals surface area (Å²) in [5.74, 6) is 0. The lowest BCUT2D eigenvalue weighted by molar-refractivity contribution is 0.131. The van der Waals surface area contributed by atoms with Crippen LogP contribution in [0.25, 0.3) is 0 Å². The molecule has 1 aromatic carbocycles. The average molecular weight is 362 g/mol. The highest BCUT2D eigenvalue weighted by atomic mass is 32.2. The fourth-order valence-corrected chi connectivity index (χ4v) is 2.00. The third-order valence-electron chi connectivity index (χ3n) is 2.43. The van der Waals surface area contributed by atoms with Gasteiger partial charge in [0.1, 0.15) is 0 Å². The quantitative estimate of drug-likeness (QED) is 0.506. The summed E-state index contributed by atoms with van der Waals surface area (Å²) in [5.41, 5.74) is 0.963. The van der Waals surface area contributed by atoms with Crippen LogP contribution < -0.4 is 0 Å². The molecule has 0 amide bonds. The first-order chi connectivity index (χ1) is 10.3. The van der Waals surface area contributed by atoms with Crippen LogP contribution >= 0.6 is 0 Å². The summed E-state index contributed by atoms with van der Waals surface area (Å²) < 4.78 is 27.9. The number of hydrogen-bond donors (Lipinski definition) is 3. The van der Waals surface area contributed by atoms with Crippen LogP contribution in [0, 0.1) is 6.92 Å². The summed E-state index contributed by atoms with van der Waals surface area (Å²) >= 11 is 0. The number of benzene rings is 1. The maximum absolute atomic E-state index is 11.6. The number of aliphatic hydroxyl groups excluding tert-OH is 3.